The molecule has 0 amide bonds. The summed E-state index contributed by atoms with van der Waals surface area (Å²) in [6, 6.07) is 8.18. The Labute approximate surface area is 99.5 Å². The van der Waals surface area contributed by atoms with E-state index in [1.165, 1.54) is 18.5 Å². The van der Waals surface area contributed by atoms with Gasteiger partial charge >= 0.3 is 0 Å². The predicted molar refractivity (Wildman–Crippen MR) is 71.3 cm³/mol. The Hall–Kier alpha value is -1.02. The second kappa shape index (κ2) is 6.54. The summed E-state index contributed by atoms with van der Waals surface area (Å²) in [5, 5.41) is 0. The molecule has 0 aliphatic rings. The molecule has 16 heavy (non-hydrogen) atoms. The third-order valence-corrected chi connectivity index (χ3v) is 2.83. The number of hydrogen-bond donors (Lipinski definition) is 1. The van der Waals surface area contributed by atoms with Crippen LogP contribution in [0, 0.1) is 5.92 Å². The van der Waals surface area contributed by atoms with Gasteiger partial charge in [-0.15, -0.1) is 0 Å². The molecule has 2 N–H and O–H groups in total. The van der Waals surface area contributed by atoms with Crippen molar-refractivity contribution in [2.24, 2.45) is 5.92 Å². The maximum atomic E-state index is 5.78. The van der Waals surface area contributed by atoms with Crippen LogP contribution in [-0.4, -0.2) is 18.0 Å². The fourth-order valence-corrected chi connectivity index (χ4v) is 1.74. The van der Waals surface area contributed by atoms with Crippen molar-refractivity contribution in [3.63, 3.8) is 0 Å². The molecule has 0 bridgehead atoms. The Balaban J connectivity index is 2.49. The van der Waals surface area contributed by atoms with Crippen LogP contribution >= 0.6 is 0 Å². The van der Waals surface area contributed by atoms with Gasteiger partial charge in [-0.05, 0) is 43.1 Å². The van der Waals surface area contributed by atoms with Gasteiger partial charge in [0.05, 0.1) is 0 Å². The molecule has 90 valence electrons. The zero-order valence-electron chi connectivity index (χ0n) is 10.7. The third-order valence-electron chi connectivity index (χ3n) is 2.83. The molecule has 0 aliphatic heterocycles. The lowest BCUT2D eigenvalue weighted by molar-refractivity contribution is 0.262. The lowest BCUT2D eigenvalue weighted by atomic mass is 10.1. The summed E-state index contributed by atoms with van der Waals surface area (Å²) in [4.78, 5) is 2.47. The quantitative estimate of drug-likeness (QED) is 0.746. The van der Waals surface area contributed by atoms with Crippen LogP contribution in [0.2, 0.25) is 0 Å². The van der Waals surface area contributed by atoms with Crippen molar-refractivity contribution in [3.05, 3.63) is 29.8 Å². The van der Waals surface area contributed by atoms with E-state index in [9.17, 15) is 0 Å². The molecule has 0 saturated heterocycles. The van der Waals surface area contributed by atoms with Crippen LogP contribution in [0.1, 0.15) is 32.8 Å². The van der Waals surface area contributed by atoms with Gasteiger partial charge in [-0.25, -0.2) is 0 Å². The molecule has 0 heterocycles. The summed E-state index contributed by atoms with van der Waals surface area (Å²) < 4.78 is 0. The first-order valence-corrected chi connectivity index (χ1v) is 6.18. The number of benzene rings is 1. The number of nitrogens with two attached hydrogens (primary N) is 1. The van der Waals surface area contributed by atoms with Crippen LogP contribution in [0.4, 0.5) is 5.69 Å². The summed E-state index contributed by atoms with van der Waals surface area (Å²) in [5.41, 5.74) is 7.95. The average molecular weight is 220 g/mol. The topological polar surface area (TPSA) is 29.3 Å². The van der Waals surface area contributed by atoms with Crippen LogP contribution in [0.25, 0.3) is 0 Å². The summed E-state index contributed by atoms with van der Waals surface area (Å²) in [7, 11) is 0. The largest absolute Gasteiger partial charge is 0.399 e. The molecule has 0 aromatic heterocycles. The number of hydrogen-bond acceptors (Lipinski definition) is 2. The van der Waals surface area contributed by atoms with Gasteiger partial charge in [0.25, 0.3) is 0 Å². The fraction of sp³-hybridized carbons (Fsp3) is 0.571. The Morgan fingerprint density at radius 3 is 2.62 bits per heavy atom. The van der Waals surface area contributed by atoms with Crippen LogP contribution in [0.3, 0.4) is 0 Å². The van der Waals surface area contributed by atoms with Gasteiger partial charge in [-0.1, -0.05) is 32.9 Å². The lowest BCUT2D eigenvalue weighted by Crippen LogP contribution is -2.25. The summed E-state index contributed by atoms with van der Waals surface area (Å²) in [6.45, 7) is 10.0. The molecule has 1 aromatic carbocycles. The van der Waals surface area contributed by atoms with Crippen LogP contribution < -0.4 is 5.73 Å². The minimum atomic E-state index is 0.773. The minimum absolute atomic E-state index is 0.773. The molecule has 0 aliphatic carbocycles. The highest BCUT2D eigenvalue weighted by atomic mass is 15.1. The Morgan fingerprint density at radius 1 is 1.31 bits per heavy atom. The molecular weight excluding hydrogens is 196 g/mol. The summed E-state index contributed by atoms with van der Waals surface area (Å²) in [5.74, 6) is 0.773. The monoisotopic (exact) mass is 220 g/mol. The second-order valence-corrected chi connectivity index (χ2v) is 4.80. The van der Waals surface area contributed by atoms with E-state index in [0.29, 0.717) is 0 Å². The molecule has 2 nitrogen and oxygen atoms in total. The van der Waals surface area contributed by atoms with Crippen molar-refractivity contribution in [1.82, 2.24) is 4.90 Å². The number of anilines is 1. The van der Waals surface area contributed by atoms with Gasteiger partial charge in [0.1, 0.15) is 0 Å². The lowest BCUT2D eigenvalue weighted by Gasteiger charge is -2.21. The van der Waals surface area contributed by atoms with E-state index in [-0.39, 0.29) is 0 Å². The first-order valence-electron chi connectivity index (χ1n) is 6.18. The SMILES string of the molecule is CCN(CCC(C)C)Cc1cccc(N)c1. The highest BCUT2D eigenvalue weighted by Gasteiger charge is 2.05. The first kappa shape index (κ1) is 13.0. The van der Waals surface area contributed by atoms with Crippen LogP contribution in [0.5, 0.6) is 0 Å². The summed E-state index contributed by atoms with van der Waals surface area (Å²) >= 11 is 0. The van der Waals surface area contributed by atoms with E-state index < -0.39 is 0 Å². The second-order valence-electron chi connectivity index (χ2n) is 4.80. The van der Waals surface area contributed by atoms with Gasteiger partial charge in [-0.3, -0.25) is 4.90 Å². The zero-order valence-corrected chi connectivity index (χ0v) is 10.7. The van der Waals surface area contributed by atoms with Gasteiger partial charge in [0, 0.05) is 12.2 Å². The van der Waals surface area contributed by atoms with Gasteiger partial charge in [-0.2, -0.15) is 0 Å². The first-order chi connectivity index (χ1) is 7.61. The van der Waals surface area contributed by atoms with Gasteiger partial charge in [0.15, 0.2) is 0 Å². The van der Waals surface area contributed by atoms with Crippen molar-refractivity contribution in [2.75, 3.05) is 18.8 Å². The van der Waals surface area contributed by atoms with E-state index in [0.717, 1.165) is 24.7 Å². The maximum absolute atomic E-state index is 5.78. The molecule has 2 heteroatoms. The van der Waals surface area contributed by atoms with Crippen molar-refractivity contribution in [3.8, 4) is 0 Å². The smallest absolute Gasteiger partial charge is 0.0317 e. The van der Waals surface area contributed by atoms with E-state index in [4.69, 9.17) is 5.73 Å². The van der Waals surface area contributed by atoms with Gasteiger partial charge in [0.2, 0.25) is 0 Å². The Bertz CT molecular complexity index is 307. The summed E-state index contributed by atoms with van der Waals surface area (Å²) in [6.07, 6.45) is 1.26. The van der Waals surface area contributed by atoms with Crippen LogP contribution in [-0.2, 0) is 6.54 Å². The van der Waals surface area contributed by atoms with E-state index >= 15 is 0 Å². The Morgan fingerprint density at radius 2 is 2.06 bits per heavy atom. The van der Waals surface area contributed by atoms with Crippen molar-refractivity contribution >= 4 is 5.69 Å². The molecule has 0 atom stereocenters. The predicted octanol–water partition coefficient (Wildman–Crippen LogP) is 3.14. The molecular formula is C14H24N2. The third kappa shape index (κ3) is 4.67. The maximum Gasteiger partial charge on any atom is 0.0317 e. The molecule has 0 unspecified atom stereocenters. The van der Waals surface area contributed by atoms with Crippen LogP contribution in [0.15, 0.2) is 24.3 Å². The van der Waals surface area contributed by atoms with E-state index in [1.54, 1.807) is 0 Å². The zero-order chi connectivity index (χ0) is 12.0. The average Bonchev–Trinajstić information content (AvgIpc) is 2.24. The Kier molecular flexibility index (Phi) is 5.33. The molecule has 0 saturated carbocycles. The molecule has 0 spiro atoms. The van der Waals surface area contributed by atoms with Gasteiger partial charge < -0.3 is 5.73 Å². The number of nitrogen functional groups attached to an aromatic ring is 1. The molecule has 1 rings (SSSR count). The minimum Gasteiger partial charge on any atom is -0.399 e. The van der Waals surface area contributed by atoms with E-state index in [2.05, 4.69) is 37.8 Å². The normalized spacial score (nSPS) is 11.3. The van der Waals surface area contributed by atoms with E-state index in [1.807, 2.05) is 12.1 Å². The molecule has 0 fully saturated rings. The standard InChI is InChI=1S/C14H24N2/c1-4-16(9-8-12(2)3)11-13-6-5-7-14(15)10-13/h5-7,10,12H,4,8-9,11,15H2,1-3H3. The highest BCUT2D eigenvalue weighted by Crippen LogP contribution is 2.11. The number of rotatable bonds is 6. The van der Waals surface area contributed by atoms with Crippen molar-refractivity contribution in [2.45, 2.75) is 33.7 Å². The molecule has 1 aromatic rings. The highest BCUT2D eigenvalue weighted by molar-refractivity contribution is 5.40. The van der Waals surface area contributed by atoms with Crippen molar-refractivity contribution < 1.29 is 0 Å². The number of nitrogens with zero attached hydrogens (tertiary/aromatic N) is 1. The fourth-order valence-electron chi connectivity index (χ4n) is 1.74. The molecule has 0 radical (unpaired) electrons. The van der Waals surface area contributed by atoms with Crippen molar-refractivity contribution in [1.29, 1.82) is 0 Å².